The first-order valence-electron chi connectivity index (χ1n) is 4.79. The zero-order valence-corrected chi connectivity index (χ0v) is 8.93. The first-order valence-corrected chi connectivity index (χ1v) is 6.34. The summed E-state index contributed by atoms with van der Waals surface area (Å²) in [5.74, 6) is -0.566. The minimum Gasteiger partial charge on any atom is -0.384 e. The van der Waals surface area contributed by atoms with Gasteiger partial charge in [0.05, 0.1) is 5.75 Å². The SMILES string of the molecule is O=S(=O)(F)CC1CNc2ccccc2C1. The molecule has 0 amide bonds. The summed E-state index contributed by atoms with van der Waals surface area (Å²) in [6.45, 7) is 0.514. The Bertz CT molecular complexity index is 458. The average molecular weight is 229 g/mol. The molecule has 1 aromatic rings. The Kier molecular flexibility index (Phi) is 2.65. The molecule has 1 heterocycles. The minimum absolute atomic E-state index is 0.171. The van der Waals surface area contributed by atoms with Crippen molar-refractivity contribution in [3.05, 3.63) is 29.8 Å². The monoisotopic (exact) mass is 229 g/mol. The van der Waals surface area contributed by atoms with Crippen molar-refractivity contribution in [1.29, 1.82) is 0 Å². The van der Waals surface area contributed by atoms with Crippen molar-refractivity contribution >= 4 is 15.9 Å². The van der Waals surface area contributed by atoms with Crippen molar-refractivity contribution in [2.24, 2.45) is 5.92 Å². The number of nitrogens with one attached hydrogen (secondary N) is 1. The zero-order valence-electron chi connectivity index (χ0n) is 8.11. The Labute approximate surface area is 88.5 Å². The smallest absolute Gasteiger partial charge is 0.302 e. The van der Waals surface area contributed by atoms with Crippen molar-refractivity contribution in [3.63, 3.8) is 0 Å². The number of hydrogen-bond donors (Lipinski definition) is 1. The Morgan fingerprint density at radius 3 is 2.87 bits per heavy atom. The van der Waals surface area contributed by atoms with E-state index in [2.05, 4.69) is 5.32 Å². The fraction of sp³-hybridized carbons (Fsp3) is 0.400. The molecule has 0 saturated heterocycles. The van der Waals surface area contributed by atoms with Crippen LogP contribution >= 0.6 is 0 Å². The largest absolute Gasteiger partial charge is 0.384 e. The van der Waals surface area contributed by atoms with Gasteiger partial charge in [0.2, 0.25) is 0 Å². The van der Waals surface area contributed by atoms with Gasteiger partial charge in [-0.3, -0.25) is 0 Å². The molecule has 15 heavy (non-hydrogen) atoms. The van der Waals surface area contributed by atoms with Crippen molar-refractivity contribution < 1.29 is 12.3 Å². The standard InChI is InChI=1S/C10H12FNO2S/c11-15(13,14)7-8-5-9-3-1-2-4-10(9)12-6-8/h1-4,8,12H,5-7H2. The molecular formula is C10H12FNO2S. The molecule has 1 N–H and O–H groups in total. The molecule has 0 aliphatic carbocycles. The number of para-hydroxylation sites is 1. The summed E-state index contributed by atoms with van der Waals surface area (Å²) < 4.78 is 33.5. The van der Waals surface area contributed by atoms with Gasteiger partial charge in [-0.1, -0.05) is 18.2 Å². The predicted octanol–water partition coefficient (Wildman–Crippen LogP) is 1.57. The number of halogens is 1. The quantitative estimate of drug-likeness (QED) is 0.783. The third-order valence-corrected chi connectivity index (χ3v) is 3.41. The second-order valence-corrected chi connectivity index (χ2v) is 5.22. The normalized spacial score (nSPS) is 20.5. The first kappa shape index (κ1) is 10.4. The molecule has 0 spiro atoms. The molecule has 1 aromatic carbocycles. The Morgan fingerprint density at radius 2 is 2.13 bits per heavy atom. The number of benzene rings is 1. The van der Waals surface area contributed by atoms with Crippen LogP contribution < -0.4 is 5.32 Å². The van der Waals surface area contributed by atoms with Gasteiger partial charge in [0.15, 0.2) is 0 Å². The van der Waals surface area contributed by atoms with Crippen LogP contribution in [0.15, 0.2) is 24.3 Å². The van der Waals surface area contributed by atoms with Crippen LogP contribution in [0, 0.1) is 5.92 Å². The maximum Gasteiger partial charge on any atom is 0.302 e. The average Bonchev–Trinajstić information content (AvgIpc) is 2.15. The van der Waals surface area contributed by atoms with E-state index in [0.717, 1.165) is 11.3 Å². The summed E-state index contributed by atoms with van der Waals surface area (Å²) in [6.07, 6.45) is 0.617. The van der Waals surface area contributed by atoms with Gasteiger partial charge in [0.25, 0.3) is 0 Å². The van der Waals surface area contributed by atoms with Crippen LogP contribution in [0.2, 0.25) is 0 Å². The van der Waals surface area contributed by atoms with Crippen molar-refractivity contribution in [3.8, 4) is 0 Å². The number of anilines is 1. The summed E-state index contributed by atoms with van der Waals surface area (Å²) >= 11 is 0. The molecule has 5 heteroatoms. The molecule has 0 aromatic heterocycles. The van der Waals surface area contributed by atoms with Gasteiger partial charge < -0.3 is 5.32 Å². The van der Waals surface area contributed by atoms with Crippen LogP contribution in [0.1, 0.15) is 5.56 Å². The Morgan fingerprint density at radius 1 is 1.40 bits per heavy atom. The molecule has 1 unspecified atom stereocenters. The maximum absolute atomic E-state index is 12.5. The first-order chi connectivity index (χ1) is 7.04. The minimum atomic E-state index is -4.37. The molecule has 0 fully saturated rings. The molecular weight excluding hydrogens is 217 g/mol. The Hall–Kier alpha value is -1.10. The van der Waals surface area contributed by atoms with Crippen LogP contribution in [0.3, 0.4) is 0 Å². The lowest BCUT2D eigenvalue weighted by atomic mass is 9.95. The van der Waals surface area contributed by atoms with E-state index in [9.17, 15) is 12.3 Å². The van der Waals surface area contributed by atoms with Gasteiger partial charge in [-0.15, -0.1) is 3.89 Å². The highest BCUT2D eigenvalue weighted by molar-refractivity contribution is 7.86. The lowest BCUT2D eigenvalue weighted by Gasteiger charge is -2.24. The number of hydrogen-bond acceptors (Lipinski definition) is 3. The van der Waals surface area contributed by atoms with E-state index >= 15 is 0 Å². The van der Waals surface area contributed by atoms with Crippen LogP contribution in [-0.2, 0) is 16.6 Å². The van der Waals surface area contributed by atoms with E-state index in [1.807, 2.05) is 24.3 Å². The van der Waals surface area contributed by atoms with Crippen molar-refractivity contribution in [2.45, 2.75) is 6.42 Å². The van der Waals surface area contributed by atoms with E-state index in [1.54, 1.807) is 0 Å². The van der Waals surface area contributed by atoms with Gasteiger partial charge in [-0.25, -0.2) is 0 Å². The van der Waals surface area contributed by atoms with Gasteiger partial charge >= 0.3 is 10.2 Å². The predicted molar refractivity (Wildman–Crippen MR) is 57.0 cm³/mol. The molecule has 1 aliphatic rings. The van der Waals surface area contributed by atoms with Gasteiger partial charge in [-0.2, -0.15) is 8.42 Å². The highest BCUT2D eigenvalue weighted by atomic mass is 32.3. The third kappa shape index (κ3) is 2.68. The zero-order chi connectivity index (χ0) is 10.9. The molecule has 3 nitrogen and oxygen atoms in total. The van der Waals surface area contributed by atoms with E-state index in [1.165, 1.54) is 0 Å². The van der Waals surface area contributed by atoms with E-state index in [-0.39, 0.29) is 5.92 Å². The molecule has 1 atom stereocenters. The fourth-order valence-corrected chi connectivity index (χ4v) is 2.71. The highest BCUT2D eigenvalue weighted by Crippen LogP contribution is 2.25. The molecule has 82 valence electrons. The summed E-state index contributed by atoms with van der Waals surface area (Å²) in [4.78, 5) is 0. The second-order valence-electron chi connectivity index (χ2n) is 3.81. The topological polar surface area (TPSA) is 46.2 Å². The van der Waals surface area contributed by atoms with Gasteiger partial charge in [0, 0.05) is 12.2 Å². The molecule has 0 bridgehead atoms. The lowest BCUT2D eigenvalue weighted by molar-refractivity contribution is 0.520. The highest BCUT2D eigenvalue weighted by Gasteiger charge is 2.23. The molecule has 2 rings (SSSR count). The summed E-state index contributed by atoms with van der Waals surface area (Å²) in [7, 11) is -4.37. The van der Waals surface area contributed by atoms with Gasteiger partial charge in [-0.05, 0) is 24.0 Å². The molecule has 0 radical (unpaired) electrons. The van der Waals surface area contributed by atoms with Crippen LogP contribution in [0.5, 0.6) is 0 Å². The molecule has 0 saturated carbocycles. The number of fused-ring (bicyclic) bond motifs is 1. The van der Waals surface area contributed by atoms with Crippen LogP contribution in [0.4, 0.5) is 9.57 Å². The molecule has 1 aliphatic heterocycles. The second kappa shape index (κ2) is 3.81. The van der Waals surface area contributed by atoms with Crippen LogP contribution in [0.25, 0.3) is 0 Å². The fourth-order valence-electron chi connectivity index (χ4n) is 1.91. The van der Waals surface area contributed by atoms with Gasteiger partial charge in [0.1, 0.15) is 0 Å². The van der Waals surface area contributed by atoms with E-state index in [4.69, 9.17) is 0 Å². The van der Waals surface area contributed by atoms with Crippen molar-refractivity contribution in [1.82, 2.24) is 0 Å². The maximum atomic E-state index is 12.5. The van der Waals surface area contributed by atoms with Crippen molar-refractivity contribution in [2.75, 3.05) is 17.6 Å². The third-order valence-electron chi connectivity index (χ3n) is 2.54. The lowest BCUT2D eigenvalue weighted by Crippen LogP contribution is -2.28. The number of rotatable bonds is 2. The van der Waals surface area contributed by atoms with E-state index in [0.29, 0.717) is 13.0 Å². The van der Waals surface area contributed by atoms with E-state index < -0.39 is 16.0 Å². The summed E-state index contributed by atoms with van der Waals surface area (Å²) in [5.41, 5.74) is 2.07. The van der Waals surface area contributed by atoms with Crippen LogP contribution in [-0.4, -0.2) is 20.7 Å². The summed E-state index contributed by atoms with van der Waals surface area (Å²) in [6, 6.07) is 7.68. The Balaban J connectivity index is 2.12. The summed E-state index contributed by atoms with van der Waals surface area (Å²) in [5, 5.41) is 3.10.